The molecule has 0 unspecified atom stereocenters. The maximum Gasteiger partial charge on any atom is 0.410 e. The van der Waals surface area contributed by atoms with Gasteiger partial charge in [-0.25, -0.2) is 14.6 Å². The van der Waals surface area contributed by atoms with Crippen LogP contribution in [0.25, 0.3) is 15.9 Å². The van der Waals surface area contributed by atoms with Crippen molar-refractivity contribution < 1.29 is 12.3 Å². The Balaban J connectivity index is 1.53. The van der Waals surface area contributed by atoms with Gasteiger partial charge in [-0.1, -0.05) is 26.8 Å². The summed E-state index contributed by atoms with van der Waals surface area (Å²) in [6.45, 7) is 11.9. The van der Waals surface area contributed by atoms with Gasteiger partial charge in [0.1, 0.15) is 5.60 Å². The first kappa shape index (κ1) is 16.4. The number of imidazole rings is 1. The molecule has 2 aromatic rings. The Bertz CT molecular complexity index is 1020. The largest absolute Gasteiger partial charge is 0.441 e. The summed E-state index contributed by atoms with van der Waals surface area (Å²) in [7, 11) is 0. The summed E-state index contributed by atoms with van der Waals surface area (Å²) in [5.74, 6) is 0.293. The van der Waals surface area contributed by atoms with E-state index in [1.807, 2.05) is 18.5 Å². The van der Waals surface area contributed by atoms with E-state index >= 15 is 0 Å². The Morgan fingerprint density at radius 1 is 1.46 bits per heavy atom. The molecule has 1 aliphatic heterocycles. The molecule has 4 rings (SSSR count). The normalized spacial score (nSPS) is 26.9. The number of ether oxygens (including phenoxy) is 1. The van der Waals surface area contributed by atoms with E-state index in [9.17, 15) is 4.79 Å². The molecule has 6 heteroatoms. The molecule has 1 aromatic carbocycles. The Labute approximate surface area is 169 Å². The number of nitrogens with zero attached hydrogens (tertiary/aromatic N) is 4. The standard InChI is InChI=1S/C22H28N4O2/c1-21(2,3)13-26-14-22(28-20(26)27)9-5-6-16(11-22)12-25-15-24-18-8-7-17(23-4)10-19(18)25/h7-8,10,15-16H,5-6,9,11-14H2,1-3H3/t16-,22-/m0/s1/i13D2. The average molecular weight is 383 g/mol. The van der Waals surface area contributed by atoms with Crippen LogP contribution in [0.5, 0.6) is 0 Å². The van der Waals surface area contributed by atoms with Gasteiger partial charge in [0.15, 0.2) is 5.69 Å². The van der Waals surface area contributed by atoms with Crippen molar-refractivity contribution in [2.24, 2.45) is 11.3 Å². The van der Waals surface area contributed by atoms with Gasteiger partial charge in [-0.05, 0) is 49.1 Å². The van der Waals surface area contributed by atoms with Gasteiger partial charge in [0, 0.05) is 13.0 Å². The highest BCUT2D eigenvalue weighted by Crippen LogP contribution is 2.41. The molecule has 2 heterocycles. The van der Waals surface area contributed by atoms with Crippen molar-refractivity contribution in [1.82, 2.24) is 14.5 Å². The zero-order chi connectivity index (χ0) is 21.7. The zero-order valence-electron chi connectivity index (χ0n) is 18.7. The lowest BCUT2D eigenvalue weighted by molar-refractivity contribution is 0.00413. The second-order valence-electron chi connectivity index (χ2n) is 9.14. The predicted molar refractivity (Wildman–Crippen MR) is 108 cm³/mol. The number of hydrogen-bond acceptors (Lipinski definition) is 3. The zero-order valence-corrected chi connectivity index (χ0v) is 16.7. The van der Waals surface area contributed by atoms with Crippen LogP contribution in [-0.2, 0) is 11.3 Å². The first-order valence-electron chi connectivity index (χ1n) is 10.9. The molecule has 1 amide bonds. The van der Waals surface area contributed by atoms with Crippen LogP contribution >= 0.6 is 0 Å². The van der Waals surface area contributed by atoms with E-state index in [1.165, 1.54) is 4.90 Å². The third-order valence-corrected chi connectivity index (χ3v) is 5.53. The van der Waals surface area contributed by atoms with E-state index in [2.05, 4.69) is 14.4 Å². The van der Waals surface area contributed by atoms with Gasteiger partial charge < -0.3 is 14.2 Å². The molecule has 2 aliphatic rings. The summed E-state index contributed by atoms with van der Waals surface area (Å²) in [5, 5.41) is 0. The first-order valence-corrected chi connectivity index (χ1v) is 9.88. The molecular formula is C22H28N4O2. The van der Waals surface area contributed by atoms with Crippen LogP contribution in [0.15, 0.2) is 24.5 Å². The highest BCUT2D eigenvalue weighted by atomic mass is 16.6. The molecule has 1 saturated carbocycles. The maximum absolute atomic E-state index is 12.6. The molecule has 0 N–H and O–H groups in total. The van der Waals surface area contributed by atoms with Crippen molar-refractivity contribution in [3.05, 3.63) is 35.9 Å². The average Bonchev–Trinajstić information content (AvgIpc) is 3.21. The number of hydrogen-bond donors (Lipinski definition) is 0. The summed E-state index contributed by atoms with van der Waals surface area (Å²) in [6, 6.07) is 5.51. The number of amides is 1. The summed E-state index contributed by atoms with van der Waals surface area (Å²) >= 11 is 0. The van der Waals surface area contributed by atoms with Crippen molar-refractivity contribution in [1.29, 1.82) is 0 Å². The van der Waals surface area contributed by atoms with E-state index in [0.717, 1.165) is 36.8 Å². The number of rotatable bonds is 3. The number of benzene rings is 1. The quantitative estimate of drug-likeness (QED) is 0.701. The number of carbonyl (C=O) groups excluding carboxylic acids is 1. The third-order valence-electron chi connectivity index (χ3n) is 5.53. The fourth-order valence-electron chi connectivity index (χ4n) is 4.49. The molecule has 0 radical (unpaired) electrons. The summed E-state index contributed by atoms with van der Waals surface area (Å²) in [4.78, 5) is 21.9. The van der Waals surface area contributed by atoms with Gasteiger partial charge >= 0.3 is 6.09 Å². The molecule has 0 bridgehead atoms. The maximum atomic E-state index is 12.6. The topological polar surface area (TPSA) is 51.7 Å². The molecular weight excluding hydrogens is 352 g/mol. The van der Waals surface area contributed by atoms with Crippen LogP contribution in [0, 0.1) is 17.9 Å². The Kier molecular flexibility index (Phi) is 3.99. The minimum atomic E-state index is -1.78. The van der Waals surface area contributed by atoms with Crippen molar-refractivity contribution in [3.8, 4) is 0 Å². The minimum Gasteiger partial charge on any atom is -0.441 e. The van der Waals surface area contributed by atoms with E-state index in [4.69, 9.17) is 14.1 Å². The molecule has 1 saturated heterocycles. The van der Waals surface area contributed by atoms with E-state index < -0.39 is 23.6 Å². The van der Waals surface area contributed by atoms with Crippen LogP contribution in [0.2, 0.25) is 0 Å². The molecule has 1 aliphatic carbocycles. The van der Waals surface area contributed by atoms with Gasteiger partial charge in [0.2, 0.25) is 0 Å². The van der Waals surface area contributed by atoms with Crippen LogP contribution in [-0.4, -0.2) is 39.2 Å². The summed E-state index contributed by atoms with van der Waals surface area (Å²) in [5.41, 5.74) is 1.06. The molecule has 1 aromatic heterocycles. The molecule has 2 atom stereocenters. The highest BCUT2D eigenvalue weighted by molar-refractivity contribution is 5.79. The van der Waals surface area contributed by atoms with Gasteiger partial charge in [0.25, 0.3) is 0 Å². The van der Waals surface area contributed by atoms with Gasteiger partial charge in [-0.15, -0.1) is 0 Å². The lowest BCUT2D eigenvalue weighted by Crippen LogP contribution is -2.41. The van der Waals surface area contributed by atoms with E-state index in [-0.39, 0.29) is 0 Å². The van der Waals surface area contributed by atoms with Crippen molar-refractivity contribution in [2.75, 3.05) is 13.0 Å². The smallest absolute Gasteiger partial charge is 0.410 e. The van der Waals surface area contributed by atoms with Crippen LogP contribution < -0.4 is 0 Å². The van der Waals surface area contributed by atoms with Crippen LogP contribution in [0.1, 0.15) is 49.2 Å². The number of carbonyl (C=O) groups is 1. The van der Waals surface area contributed by atoms with Crippen LogP contribution in [0.3, 0.4) is 0 Å². The second-order valence-corrected chi connectivity index (χ2v) is 9.14. The first-order chi connectivity index (χ1) is 14.0. The molecule has 2 fully saturated rings. The predicted octanol–water partition coefficient (Wildman–Crippen LogP) is 5.01. The molecule has 28 heavy (non-hydrogen) atoms. The van der Waals surface area contributed by atoms with Crippen molar-refractivity contribution in [3.63, 3.8) is 0 Å². The Morgan fingerprint density at radius 3 is 3.04 bits per heavy atom. The lowest BCUT2D eigenvalue weighted by Gasteiger charge is -2.36. The molecule has 1 spiro atoms. The monoisotopic (exact) mass is 382 g/mol. The number of aromatic nitrogens is 2. The summed E-state index contributed by atoms with van der Waals surface area (Å²) < 4.78 is 24.9. The summed E-state index contributed by atoms with van der Waals surface area (Å²) in [6.07, 6.45) is 4.68. The lowest BCUT2D eigenvalue weighted by atomic mass is 9.77. The third kappa shape index (κ3) is 3.71. The Morgan fingerprint density at radius 2 is 2.29 bits per heavy atom. The Hall–Kier alpha value is -2.55. The fraction of sp³-hybridized carbons (Fsp3) is 0.591. The van der Waals surface area contributed by atoms with E-state index in [0.29, 0.717) is 24.6 Å². The number of fused-ring (bicyclic) bond motifs is 1. The van der Waals surface area contributed by atoms with Crippen molar-refractivity contribution >= 4 is 22.8 Å². The fourth-order valence-corrected chi connectivity index (χ4v) is 4.49. The van der Waals surface area contributed by atoms with Gasteiger partial charge in [-0.3, -0.25) is 0 Å². The SMILES string of the molecule is [2H]C([2H])(N1C[C@@]2(CCC[C@H](Cn3cnc4ccc([N+]#[C-])cc43)C2)OC1=O)C(C)(C)C. The van der Waals surface area contributed by atoms with E-state index in [1.54, 1.807) is 26.8 Å². The second kappa shape index (κ2) is 6.80. The molecule has 6 nitrogen and oxygen atoms in total. The van der Waals surface area contributed by atoms with Crippen molar-refractivity contribution in [2.45, 2.75) is 58.6 Å². The highest BCUT2D eigenvalue weighted by Gasteiger charge is 2.48. The van der Waals surface area contributed by atoms with Gasteiger partial charge in [-0.2, -0.15) is 0 Å². The van der Waals surface area contributed by atoms with Crippen LogP contribution in [0.4, 0.5) is 10.5 Å². The minimum absolute atomic E-state index is 0.291. The van der Waals surface area contributed by atoms with Gasteiger partial charge in [0.05, 0.1) is 33.2 Å². The molecule has 148 valence electrons.